The highest BCUT2D eigenvalue weighted by atomic mass is 16.5. The van der Waals surface area contributed by atoms with E-state index in [1.165, 1.54) is 32.3 Å². The van der Waals surface area contributed by atoms with Gasteiger partial charge in [-0.05, 0) is 68.8 Å². The Bertz CT molecular complexity index is 882. The predicted octanol–water partition coefficient (Wildman–Crippen LogP) is 3.18. The molecule has 1 aliphatic heterocycles. The number of hydrogen-bond donors (Lipinski definition) is 2. The van der Waals surface area contributed by atoms with Crippen LogP contribution in [-0.4, -0.2) is 46.2 Å². The maximum absolute atomic E-state index is 11.1. The summed E-state index contributed by atoms with van der Waals surface area (Å²) in [6.07, 6.45) is 5.17. The summed E-state index contributed by atoms with van der Waals surface area (Å²) in [6, 6.07) is 14.1. The fraction of sp³-hybridized carbons (Fsp3) is 0.333. The largest absolute Gasteiger partial charge is 0.508 e. The van der Waals surface area contributed by atoms with Crippen LogP contribution >= 0.6 is 0 Å². The summed E-state index contributed by atoms with van der Waals surface area (Å²) in [5.74, 6) is 1.11. The van der Waals surface area contributed by atoms with Crippen molar-refractivity contribution in [1.29, 1.82) is 0 Å². The molecule has 0 radical (unpaired) electrons. The fourth-order valence-electron chi connectivity index (χ4n) is 3.04. The smallest absolute Gasteiger partial charge is 0.258 e. The molecule has 6 nitrogen and oxygen atoms in total. The van der Waals surface area contributed by atoms with E-state index in [0.717, 1.165) is 30.8 Å². The molecule has 2 N–H and O–H groups in total. The molecule has 27 heavy (non-hydrogen) atoms. The van der Waals surface area contributed by atoms with Gasteiger partial charge in [-0.25, -0.2) is 4.98 Å². The molecule has 0 unspecified atom stereocenters. The molecule has 3 aromatic rings. The van der Waals surface area contributed by atoms with E-state index in [4.69, 9.17) is 9.84 Å². The summed E-state index contributed by atoms with van der Waals surface area (Å²) >= 11 is 0. The number of nitrogens with zero attached hydrogens (tertiary/aromatic N) is 2. The van der Waals surface area contributed by atoms with Crippen LogP contribution in [0.2, 0.25) is 0 Å². The molecule has 0 amide bonds. The number of fused-ring (bicyclic) bond motifs is 1. The monoisotopic (exact) mass is 367 g/mol. The average Bonchev–Trinajstić information content (AvgIpc) is 3.21. The molecule has 1 fully saturated rings. The quantitative estimate of drug-likeness (QED) is 0.677. The molecule has 0 spiro atoms. The first-order valence-electron chi connectivity index (χ1n) is 9.29. The number of hydrogen-bond acceptors (Lipinski definition) is 5. The van der Waals surface area contributed by atoms with Crippen LogP contribution in [0.25, 0.3) is 10.9 Å². The van der Waals surface area contributed by atoms with Crippen LogP contribution in [0.1, 0.15) is 19.3 Å². The van der Waals surface area contributed by atoms with E-state index in [-0.39, 0.29) is 11.3 Å². The Kier molecular flexibility index (Phi) is 6.82. The number of phenolic OH excluding ortho intramolecular Hbond substituents is 1. The van der Waals surface area contributed by atoms with Gasteiger partial charge in [-0.1, -0.05) is 12.1 Å². The zero-order valence-electron chi connectivity index (χ0n) is 15.3. The first-order valence-corrected chi connectivity index (χ1v) is 9.29. The van der Waals surface area contributed by atoms with Crippen molar-refractivity contribution < 1.29 is 9.84 Å². The summed E-state index contributed by atoms with van der Waals surface area (Å²) in [5.41, 5.74) is 0.645. The van der Waals surface area contributed by atoms with Gasteiger partial charge in [0.15, 0.2) is 0 Å². The second-order valence-corrected chi connectivity index (χ2v) is 6.49. The highest BCUT2D eigenvalue weighted by Gasteiger charge is 2.10. The van der Waals surface area contributed by atoms with Crippen molar-refractivity contribution in [3.63, 3.8) is 0 Å². The topological polar surface area (TPSA) is 78.5 Å². The van der Waals surface area contributed by atoms with Crippen molar-refractivity contribution in [2.75, 3.05) is 26.2 Å². The lowest BCUT2D eigenvalue weighted by atomic mass is 10.2. The normalized spacial score (nSPS) is 13.9. The Morgan fingerprint density at radius 1 is 1.07 bits per heavy atom. The van der Waals surface area contributed by atoms with Gasteiger partial charge >= 0.3 is 0 Å². The van der Waals surface area contributed by atoms with Crippen molar-refractivity contribution in [1.82, 2.24) is 14.9 Å². The standard InChI is InChI=1S/C13H19NO2.C8H6N2O/c15-12-4-6-13(7-5-12)16-11-3-10-14-8-1-2-9-14;11-8-6-3-1-2-4-7(6)9-5-10-8/h4-7,15H,1-3,8-11H2;1-5H,(H,9,10,11). The number of para-hydroxylation sites is 1. The highest BCUT2D eigenvalue weighted by Crippen LogP contribution is 2.16. The lowest BCUT2D eigenvalue weighted by Crippen LogP contribution is -2.21. The number of ether oxygens (including phenoxy) is 1. The Labute approximate surface area is 158 Å². The van der Waals surface area contributed by atoms with E-state index in [0.29, 0.717) is 5.39 Å². The van der Waals surface area contributed by atoms with Gasteiger partial charge in [-0.2, -0.15) is 0 Å². The van der Waals surface area contributed by atoms with Gasteiger partial charge in [0.25, 0.3) is 5.56 Å². The summed E-state index contributed by atoms with van der Waals surface area (Å²) in [6.45, 7) is 4.39. The fourth-order valence-corrected chi connectivity index (χ4v) is 3.04. The van der Waals surface area contributed by atoms with Gasteiger partial charge < -0.3 is 19.7 Å². The number of phenols is 1. The van der Waals surface area contributed by atoms with Crippen LogP contribution in [-0.2, 0) is 0 Å². The molecule has 1 saturated heterocycles. The first kappa shape index (κ1) is 18.9. The van der Waals surface area contributed by atoms with Gasteiger partial charge in [0, 0.05) is 6.54 Å². The highest BCUT2D eigenvalue weighted by molar-refractivity contribution is 5.76. The number of H-pyrrole nitrogens is 1. The lowest BCUT2D eigenvalue weighted by Gasteiger charge is -2.14. The van der Waals surface area contributed by atoms with E-state index >= 15 is 0 Å². The molecule has 0 saturated carbocycles. The molecule has 6 heteroatoms. The summed E-state index contributed by atoms with van der Waals surface area (Å²) in [7, 11) is 0. The van der Waals surface area contributed by atoms with Crippen molar-refractivity contribution >= 4 is 10.9 Å². The maximum atomic E-state index is 11.1. The minimum atomic E-state index is -0.0874. The second-order valence-electron chi connectivity index (χ2n) is 6.49. The van der Waals surface area contributed by atoms with Gasteiger partial charge in [-0.3, -0.25) is 4.79 Å². The van der Waals surface area contributed by atoms with Crippen molar-refractivity contribution in [2.45, 2.75) is 19.3 Å². The third-order valence-electron chi connectivity index (χ3n) is 4.47. The maximum Gasteiger partial charge on any atom is 0.258 e. The summed E-state index contributed by atoms with van der Waals surface area (Å²) in [5, 5.41) is 9.74. The molecule has 2 aromatic carbocycles. The third kappa shape index (κ3) is 5.82. The molecule has 142 valence electrons. The molecular weight excluding hydrogens is 342 g/mol. The zero-order chi connectivity index (χ0) is 18.9. The van der Waals surface area contributed by atoms with E-state index in [2.05, 4.69) is 14.9 Å². The van der Waals surface area contributed by atoms with E-state index in [1.54, 1.807) is 30.3 Å². The summed E-state index contributed by atoms with van der Waals surface area (Å²) in [4.78, 5) is 20.1. The average molecular weight is 367 g/mol. The molecule has 1 aromatic heterocycles. The number of benzene rings is 2. The number of rotatable bonds is 5. The number of aromatic hydroxyl groups is 1. The van der Waals surface area contributed by atoms with Crippen LogP contribution in [0.15, 0.2) is 59.7 Å². The Morgan fingerprint density at radius 3 is 2.56 bits per heavy atom. The predicted molar refractivity (Wildman–Crippen MR) is 106 cm³/mol. The molecule has 0 aliphatic carbocycles. The third-order valence-corrected chi connectivity index (χ3v) is 4.47. The first-order chi connectivity index (χ1) is 13.2. The minimum Gasteiger partial charge on any atom is -0.508 e. The van der Waals surface area contributed by atoms with Crippen LogP contribution in [0.3, 0.4) is 0 Å². The molecule has 4 rings (SSSR count). The van der Waals surface area contributed by atoms with Crippen molar-refractivity contribution in [2.24, 2.45) is 0 Å². The van der Waals surface area contributed by atoms with Gasteiger partial charge in [0.1, 0.15) is 11.5 Å². The SMILES string of the molecule is O=c1[nH]cnc2ccccc12.Oc1ccc(OCCCN2CCCC2)cc1. The molecule has 0 bridgehead atoms. The van der Waals surface area contributed by atoms with Crippen LogP contribution in [0, 0.1) is 0 Å². The minimum absolute atomic E-state index is 0.0874. The van der Waals surface area contributed by atoms with Crippen LogP contribution < -0.4 is 10.3 Å². The number of aromatic amines is 1. The molecule has 2 heterocycles. The van der Waals surface area contributed by atoms with Crippen molar-refractivity contribution in [3.05, 3.63) is 65.2 Å². The van der Waals surface area contributed by atoms with Crippen molar-refractivity contribution in [3.8, 4) is 11.5 Å². The van der Waals surface area contributed by atoms with E-state index < -0.39 is 0 Å². The van der Waals surface area contributed by atoms with Crippen LogP contribution in [0.5, 0.6) is 11.5 Å². The molecular formula is C21H25N3O3. The van der Waals surface area contributed by atoms with E-state index in [1.807, 2.05) is 18.2 Å². The molecule has 0 atom stereocenters. The Balaban J connectivity index is 0.000000166. The Morgan fingerprint density at radius 2 is 1.81 bits per heavy atom. The number of nitrogens with one attached hydrogen (secondary N) is 1. The van der Waals surface area contributed by atoms with Gasteiger partial charge in [0.2, 0.25) is 0 Å². The zero-order valence-corrected chi connectivity index (χ0v) is 15.3. The summed E-state index contributed by atoms with van der Waals surface area (Å²) < 4.78 is 5.58. The number of aromatic nitrogens is 2. The van der Waals surface area contributed by atoms with E-state index in [9.17, 15) is 4.79 Å². The van der Waals surface area contributed by atoms with Gasteiger partial charge in [0.05, 0.1) is 23.8 Å². The Hall–Kier alpha value is -2.86. The lowest BCUT2D eigenvalue weighted by molar-refractivity contribution is 0.263. The second kappa shape index (κ2) is 9.73. The van der Waals surface area contributed by atoms with Crippen LogP contribution in [0.4, 0.5) is 0 Å². The number of likely N-dealkylation sites (tertiary alicyclic amines) is 1. The van der Waals surface area contributed by atoms with Gasteiger partial charge in [-0.15, -0.1) is 0 Å². The molecule has 1 aliphatic rings.